The molecule has 0 fully saturated rings. The summed E-state index contributed by atoms with van der Waals surface area (Å²) in [6, 6.07) is 25.1. The summed E-state index contributed by atoms with van der Waals surface area (Å²) >= 11 is 5.91. The lowest BCUT2D eigenvalue weighted by Crippen LogP contribution is -2.45. The Labute approximate surface area is 178 Å². The maximum atomic E-state index is 12.5. The summed E-state index contributed by atoms with van der Waals surface area (Å²) in [6.45, 7) is 0. The van der Waals surface area contributed by atoms with Crippen molar-refractivity contribution in [2.24, 2.45) is 10.9 Å². The van der Waals surface area contributed by atoms with E-state index in [0.29, 0.717) is 10.8 Å². The summed E-state index contributed by atoms with van der Waals surface area (Å²) in [5.41, 5.74) is 1.46. The van der Waals surface area contributed by atoms with E-state index in [0.717, 1.165) is 17.0 Å². The quantitative estimate of drug-likeness (QED) is 0.632. The molecule has 2 unspecified atom stereocenters. The fourth-order valence-electron chi connectivity index (χ4n) is 3.07. The van der Waals surface area contributed by atoms with Gasteiger partial charge in [-0.05, 0) is 54.1 Å². The van der Waals surface area contributed by atoms with Gasteiger partial charge in [-0.25, -0.2) is 4.99 Å². The summed E-state index contributed by atoms with van der Waals surface area (Å²) in [5, 5.41) is 15.8. The van der Waals surface area contributed by atoms with Crippen molar-refractivity contribution in [2.75, 3.05) is 5.32 Å². The molecule has 1 aliphatic heterocycles. The third-order valence-electron chi connectivity index (χ3n) is 4.55. The van der Waals surface area contributed by atoms with Crippen LogP contribution in [0.15, 0.2) is 83.9 Å². The average Bonchev–Trinajstić information content (AvgIpc) is 2.76. The SMILES string of the molecule is N#CC1C(=O)NC(Nc2ccc(Cl)cc2)=NC1c1ccc(Oc2ccccc2)cc1. The van der Waals surface area contributed by atoms with Crippen LogP contribution in [0.1, 0.15) is 11.6 Å². The molecule has 30 heavy (non-hydrogen) atoms. The van der Waals surface area contributed by atoms with Gasteiger partial charge in [-0.2, -0.15) is 5.26 Å². The first kappa shape index (κ1) is 19.5. The second-order valence-corrected chi connectivity index (χ2v) is 7.07. The van der Waals surface area contributed by atoms with Gasteiger partial charge in [0.25, 0.3) is 0 Å². The van der Waals surface area contributed by atoms with Crippen molar-refractivity contribution in [2.45, 2.75) is 6.04 Å². The lowest BCUT2D eigenvalue weighted by molar-refractivity contribution is -0.122. The van der Waals surface area contributed by atoms with Gasteiger partial charge in [0.15, 0.2) is 5.92 Å². The molecule has 0 spiro atoms. The molecule has 0 aliphatic carbocycles. The highest BCUT2D eigenvalue weighted by molar-refractivity contribution is 6.30. The zero-order chi connectivity index (χ0) is 20.9. The summed E-state index contributed by atoms with van der Waals surface area (Å²) in [5.74, 6) is 0.329. The number of aliphatic imine (C=N–C) groups is 1. The third-order valence-corrected chi connectivity index (χ3v) is 4.81. The topological polar surface area (TPSA) is 86.5 Å². The summed E-state index contributed by atoms with van der Waals surface area (Å²) in [6.07, 6.45) is 0. The number of ether oxygens (including phenoxy) is 1. The number of hydrogen-bond donors (Lipinski definition) is 2. The maximum Gasteiger partial charge on any atom is 0.246 e. The number of para-hydroxylation sites is 1. The largest absolute Gasteiger partial charge is 0.457 e. The van der Waals surface area contributed by atoms with E-state index in [4.69, 9.17) is 16.3 Å². The predicted molar refractivity (Wildman–Crippen MR) is 115 cm³/mol. The lowest BCUT2D eigenvalue weighted by atomic mass is 9.92. The first-order valence-corrected chi connectivity index (χ1v) is 9.64. The number of nitrogens with zero attached hydrogens (tertiary/aromatic N) is 2. The van der Waals surface area contributed by atoms with E-state index in [2.05, 4.69) is 21.7 Å². The Morgan fingerprint density at radius 3 is 2.30 bits per heavy atom. The minimum absolute atomic E-state index is 0.281. The summed E-state index contributed by atoms with van der Waals surface area (Å²) < 4.78 is 5.80. The van der Waals surface area contributed by atoms with Crippen molar-refractivity contribution in [1.29, 1.82) is 5.26 Å². The Hall–Kier alpha value is -3.82. The number of guanidine groups is 1. The molecule has 1 amide bonds. The number of anilines is 1. The lowest BCUT2D eigenvalue weighted by Gasteiger charge is -2.25. The molecule has 4 rings (SSSR count). The van der Waals surface area contributed by atoms with Crippen molar-refractivity contribution >= 4 is 29.2 Å². The maximum absolute atomic E-state index is 12.5. The van der Waals surface area contributed by atoms with Crippen LogP contribution in [0.3, 0.4) is 0 Å². The van der Waals surface area contributed by atoms with E-state index in [1.54, 1.807) is 36.4 Å². The van der Waals surface area contributed by atoms with E-state index in [1.807, 2.05) is 42.5 Å². The van der Waals surface area contributed by atoms with E-state index < -0.39 is 17.9 Å². The van der Waals surface area contributed by atoms with Gasteiger partial charge in [-0.3, -0.25) is 10.1 Å². The van der Waals surface area contributed by atoms with Crippen LogP contribution in [0.2, 0.25) is 5.02 Å². The number of benzene rings is 3. The molecule has 0 bridgehead atoms. The highest BCUT2D eigenvalue weighted by atomic mass is 35.5. The molecule has 3 aromatic rings. The Morgan fingerprint density at radius 1 is 0.967 bits per heavy atom. The summed E-state index contributed by atoms with van der Waals surface area (Å²) in [4.78, 5) is 17.0. The molecule has 1 aliphatic rings. The Kier molecular flexibility index (Phi) is 5.64. The molecule has 0 aromatic heterocycles. The molecule has 7 heteroatoms. The normalized spacial score (nSPS) is 18.0. The number of carbonyl (C=O) groups is 1. The number of rotatable bonds is 4. The third kappa shape index (κ3) is 4.43. The summed E-state index contributed by atoms with van der Waals surface area (Å²) in [7, 11) is 0. The van der Waals surface area contributed by atoms with Crippen LogP contribution in [0, 0.1) is 17.2 Å². The minimum Gasteiger partial charge on any atom is -0.457 e. The Balaban J connectivity index is 1.57. The first-order chi connectivity index (χ1) is 14.6. The van der Waals surface area contributed by atoms with Crippen molar-refractivity contribution in [3.63, 3.8) is 0 Å². The standard InChI is InChI=1S/C23H17ClN4O2/c24-16-8-10-17(11-9-16)26-23-27-21(20(14-25)22(29)28-23)15-6-12-19(13-7-15)30-18-4-2-1-3-5-18/h1-13,20-21H,(H2,26,27,28,29). The van der Waals surface area contributed by atoms with Crippen LogP contribution in [0.5, 0.6) is 11.5 Å². The monoisotopic (exact) mass is 416 g/mol. The van der Waals surface area contributed by atoms with Crippen LogP contribution < -0.4 is 15.4 Å². The second kappa shape index (κ2) is 8.68. The highest BCUT2D eigenvalue weighted by Gasteiger charge is 2.34. The molecule has 2 N–H and O–H groups in total. The van der Waals surface area contributed by atoms with Crippen LogP contribution in [-0.2, 0) is 4.79 Å². The number of amides is 1. The molecule has 0 radical (unpaired) electrons. The van der Waals surface area contributed by atoms with Crippen LogP contribution in [-0.4, -0.2) is 11.9 Å². The molecule has 6 nitrogen and oxygen atoms in total. The van der Waals surface area contributed by atoms with Gasteiger partial charge in [-0.1, -0.05) is 41.9 Å². The van der Waals surface area contributed by atoms with E-state index >= 15 is 0 Å². The average molecular weight is 417 g/mol. The van der Waals surface area contributed by atoms with Crippen molar-refractivity contribution in [3.05, 3.63) is 89.4 Å². The van der Waals surface area contributed by atoms with Gasteiger partial charge in [-0.15, -0.1) is 0 Å². The first-order valence-electron chi connectivity index (χ1n) is 9.26. The smallest absolute Gasteiger partial charge is 0.246 e. The van der Waals surface area contributed by atoms with E-state index in [1.165, 1.54) is 0 Å². The molecule has 3 aromatic carbocycles. The van der Waals surface area contributed by atoms with Crippen molar-refractivity contribution in [1.82, 2.24) is 5.32 Å². The second-order valence-electron chi connectivity index (χ2n) is 6.63. The van der Waals surface area contributed by atoms with Gasteiger partial charge in [0, 0.05) is 10.7 Å². The Bertz CT molecular complexity index is 1110. The molecule has 2 atom stereocenters. The number of nitriles is 1. The van der Waals surface area contributed by atoms with Gasteiger partial charge < -0.3 is 10.1 Å². The van der Waals surface area contributed by atoms with Crippen LogP contribution in [0.25, 0.3) is 0 Å². The molecule has 0 saturated heterocycles. The molecule has 1 heterocycles. The van der Waals surface area contributed by atoms with Gasteiger partial charge in [0.05, 0.1) is 6.07 Å². The molecular formula is C23H17ClN4O2. The van der Waals surface area contributed by atoms with E-state index in [9.17, 15) is 10.1 Å². The Morgan fingerprint density at radius 2 is 1.63 bits per heavy atom. The predicted octanol–water partition coefficient (Wildman–Crippen LogP) is 4.91. The van der Waals surface area contributed by atoms with Crippen LogP contribution >= 0.6 is 11.6 Å². The van der Waals surface area contributed by atoms with Gasteiger partial charge in [0.1, 0.15) is 17.5 Å². The fourth-order valence-corrected chi connectivity index (χ4v) is 3.20. The number of hydrogen-bond acceptors (Lipinski definition) is 5. The van der Waals surface area contributed by atoms with Crippen molar-refractivity contribution < 1.29 is 9.53 Å². The molecule has 0 saturated carbocycles. The zero-order valence-corrected chi connectivity index (χ0v) is 16.5. The molecule has 148 valence electrons. The number of nitrogens with one attached hydrogen (secondary N) is 2. The van der Waals surface area contributed by atoms with E-state index in [-0.39, 0.29) is 5.96 Å². The van der Waals surface area contributed by atoms with Gasteiger partial charge >= 0.3 is 0 Å². The number of halogens is 1. The van der Waals surface area contributed by atoms with Crippen molar-refractivity contribution in [3.8, 4) is 17.6 Å². The molecular weight excluding hydrogens is 400 g/mol. The van der Waals surface area contributed by atoms with Crippen LogP contribution in [0.4, 0.5) is 5.69 Å². The van der Waals surface area contributed by atoms with Gasteiger partial charge in [0.2, 0.25) is 11.9 Å². The highest BCUT2D eigenvalue weighted by Crippen LogP contribution is 2.31. The number of carbonyl (C=O) groups excluding carboxylic acids is 1. The zero-order valence-electron chi connectivity index (χ0n) is 15.7. The minimum atomic E-state index is -0.929. The fraction of sp³-hybridized carbons (Fsp3) is 0.0870.